The lowest BCUT2D eigenvalue weighted by molar-refractivity contribution is 0.113. The van der Waals surface area contributed by atoms with Gasteiger partial charge in [-0.15, -0.1) is 10.2 Å². The molecule has 0 radical (unpaired) electrons. The Bertz CT molecular complexity index is 1030. The number of aryl methyl sites for hydroxylation is 1. The molecule has 0 aliphatic carbocycles. The first-order chi connectivity index (χ1) is 14.9. The van der Waals surface area contributed by atoms with E-state index in [-0.39, 0.29) is 16.8 Å². The summed E-state index contributed by atoms with van der Waals surface area (Å²) < 4.78 is 1.73. The second kappa shape index (κ2) is 8.90. The van der Waals surface area contributed by atoms with Crippen LogP contribution in [0.3, 0.4) is 0 Å². The first kappa shape index (κ1) is 23.7. The van der Waals surface area contributed by atoms with E-state index in [1.807, 2.05) is 38.4 Å². The van der Waals surface area contributed by atoms with Crippen molar-refractivity contribution in [3.05, 3.63) is 48.7 Å². The second-order valence-electron chi connectivity index (χ2n) is 10.0. The molecule has 172 valence electrons. The standard InChI is InChI=1S/C25H36N6O/c1-9-21(20-11-10-18(14-23(20)32)22-12-13-30(7)28-22)27-26-17(2)31(8)19-15-24(3,4)29-25(5,6)16-19/h9-14,19,29,32H,1,15-16H2,2-8H3/b26-17+,27-21+. The number of phenols is 1. The van der Waals surface area contributed by atoms with E-state index in [0.29, 0.717) is 17.3 Å². The molecule has 0 amide bonds. The molecule has 1 saturated heterocycles. The number of piperidine rings is 1. The Kier molecular flexibility index (Phi) is 6.60. The molecule has 1 aromatic carbocycles. The summed E-state index contributed by atoms with van der Waals surface area (Å²) in [4.78, 5) is 2.21. The fourth-order valence-electron chi connectivity index (χ4n) is 4.68. The number of hydrogen-bond acceptors (Lipinski definition) is 5. The number of phenolic OH excluding ortho intramolecular Hbond substituents is 1. The number of rotatable bonds is 5. The molecule has 2 aromatic rings. The molecule has 3 rings (SSSR count). The predicted molar refractivity (Wildman–Crippen MR) is 132 cm³/mol. The van der Waals surface area contributed by atoms with Crippen LogP contribution in [0.25, 0.3) is 11.3 Å². The lowest BCUT2D eigenvalue weighted by Crippen LogP contribution is -2.62. The monoisotopic (exact) mass is 436 g/mol. The van der Waals surface area contributed by atoms with E-state index in [1.54, 1.807) is 16.8 Å². The lowest BCUT2D eigenvalue weighted by Gasteiger charge is -2.49. The molecular weight excluding hydrogens is 400 g/mol. The van der Waals surface area contributed by atoms with Crippen LogP contribution < -0.4 is 5.32 Å². The number of benzene rings is 1. The molecule has 2 N–H and O–H groups in total. The maximum absolute atomic E-state index is 10.6. The van der Waals surface area contributed by atoms with Crippen molar-refractivity contribution in [3.63, 3.8) is 0 Å². The van der Waals surface area contributed by atoms with Crippen LogP contribution in [0.4, 0.5) is 0 Å². The largest absolute Gasteiger partial charge is 0.507 e. The van der Waals surface area contributed by atoms with E-state index in [4.69, 9.17) is 0 Å². The highest BCUT2D eigenvalue weighted by atomic mass is 16.3. The molecule has 1 aromatic heterocycles. The minimum atomic E-state index is 0.0532. The van der Waals surface area contributed by atoms with Gasteiger partial charge in [0.2, 0.25) is 0 Å². The van der Waals surface area contributed by atoms with Crippen LogP contribution in [0.1, 0.15) is 53.0 Å². The fourth-order valence-corrected chi connectivity index (χ4v) is 4.68. The number of aromatic nitrogens is 2. The number of amidine groups is 1. The first-order valence-corrected chi connectivity index (χ1v) is 11.0. The van der Waals surface area contributed by atoms with Crippen LogP contribution in [0.2, 0.25) is 0 Å². The van der Waals surface area contributed by atoms with Crippen LogP contribution >= 0.6 is 0 Å². The van der Waals surface area contributed by atoms with Gasteiger partial charge >= 0.3 is 0 Å². The van der Waals surface area contributed by atoms with Gasteiger partial charge in [-0.3, -0.25) is 4.68 Å². The van der Waals surface area contributed by atoms with Crippen molar-refractivity contribution < 1.29 is 5.11 Å². The summed E-state index contributed by atoms with van der Waals surface area (Å²) in [7, 11) is 3.94. The zero-order valence-electron chi connectivity index (χ0n) is 20.3. The Morgan fingerprint density at radius 1 is 1.22 bits per heavy atom. The molecule has 0 unspecified atom stereocenters. The Labute approximate surface area is 191 Å². The van der Waals surface area contributed by atoms with E-state index in [0.717, 1.165) is 29.9 Å². The summed E-state index contributed by atoms with van der Waals surface area (Å²) >= 11 is 0. The molecule has 2 heterocycles. The van der Waals surface area contributed by atoms with E-state index in [9.17, 15) is 5.11 Å². The third kappa shape index (κ3) is 5.46. The topological polar surface area (TPSA) is 78.0 Å². The van der Waals surface area contributed by atoms with Gasteiger partial charge < -0.3 is 15.3 Å². The third-order valence-electron chi connectivity index (χ3n) is 6.01. The van der Waals surface area contributed by atoms with Gasteiger partial charge in [-0.2, -0.15) is 5.10 Å². The van der Waals surface area contributed by atoms with Gasteiger partial charge in [0.1, 0.15) is 11.6 Å². The van der Waals surface area contributed by atoms with Gasteiger partial charge in [-0.05, 0) is 71.7 Å². The summed E-state index contributed by atoms with van der Waals surface area (Å²) in [6.07, 6.45) is 5.53. The zero-order valence-corrected chi connectivity index (χ0v) is 20.3. The first-order valence-electron chi connectivity index (χ1n) is 11.0. The van der Waals surface area contributed by atoms with Crippen LogP contribution in [0.5, 0.6) is 5.75 Å². The second-order valence-corrected chi connectivity index (χ2v) is 10.0. The Hall–Kier alpha value is -2.93. The highest BCUT2D eigenvalue weighted by molar-refractivity contribution is 6.10. The van der Waals surface area contributed by atoms with Crippen molar-refractivity contribution in [1.82, 2.24) is 20.0 Å². The van der Waals surface area contributed by atoms with E-state index >= 15 is 0 Å². The van der Waals surface area contributed by atoms with Crippen LogP contribution in [-0.2, 0) is 7.05 Å². The van der Waals surface area contributed by atoms with Crippen molar-refractivity contribution in [2.24, 2.45) is 17.3 Å². The van der Waals surface area contributed by atoms with Gasteiger partial charge in [0.05, 0.1) is 11.4 Å². The van der Waals surface area contributed by atoms with E-state index < -0.39 is 0 Å². The van der Waals surface area contributed by atoms with Crippen molar-refractivity contribution >= 4 is 11.5 Å². The van der Waals surface area contributed by atoms with Gasteiger partial charge in [0, 0.05) is 48.5 Å². The smallest absolute Gasteiger partial charge is 0.125 e. The molecule has 1 fully saturated rings. The molecule has 7 nitrogen and oxygen atoms in total. The minimum absolute atomic E-state index is 0.0532. The van der Waals surface area contributed by atoms with Crippen LogP contribution in [-0.4, -0.2) is 55.5 Å². The Morgan fingerprint density at radius 3 is 2.41 bits per heavy atom. The normalized spacial score (nSPS) is 19.1. The van der Waals surface area contributed by atoms with Crippen molar-refractivity contribution in [2.75, 3.05) is 7.05 Å². The van der Waals surface area contributed by atoms with E-state index in [1.165, 1.54) is 0 Å². The SMILES string of the molecule is C=C/C(=N\N=C(/C)N(C)C1CC(C)(C)NC(C)(C)C1)c1ccc(-c2ccn(C)n2)cc1O. The molecule has 0 bridgehead atoms. The van der Waals surface area contributed by atoms with Crippen molar-refractivity contribution in [3.8, 4) is 17.0 Å². The number of aromatic hydroxyl groups is 1. The van der Waals surface area contributed by atoms with Gasteiger partial charge in [0.15, 0.2) is 0 Å². The van der Waals surface area contributed by atoms with Gasteiger partial charge in [-0.25, -0.2) is 0 Å². The molecule has 32 heavy (non-hydrogen) atoms. The summed E-state index contributed by atoms with van der Waals surface area (Å²) in [5.74, 6) is 0.947. The summed E-state index contributed by atoms with van der Waals surface area (Å²) in [5, 5.41) is 27.6. The molecule has 7 heteroatoms. The van der Waals surface area contributed by atoms with Gasteiger partial charge in [0.25, 0.3) is 0 Å². The number of nitrogens with zero attached hydrogens (tertiary/aromatic N) is 5. The third-order valence-corrected chi connectivity index (χ3v) is 6.01. The number of hydrogen-bond donors (Lipinski definition) is 2. The summed E-state index contributed by atoms with van der Waals surface area (Å²) in [5.41, 5.74) is 2.85. The van der Waals surface area contributed by atoms with Crippen molar-refractivity contribution in [1.29, 1.82) is 0 Å². The average molecular weight is 437 g/mol. The van der Waals surface area contributed by atoms with Gasteiger partial charge in [-0.1, -0.05) is 12.6 Å². The summed E-state index contributed by atoms with van der Waals surface area (Å²) in [6, 6.07) is 7.70. The highest BCUT2D eigenvalue weighted by Crippen LogP contribution is 2.31. The Morgan fingerprint density at radius 2 is 1.88 bits per heavy atom. The lowest BCUT2D eigenvalue weighted by atomic mass is 9.79. The minimum Gasteiger partial charge on any atom is -0.507 e. The summed E-state index contributed by atoms with van der Waals surface area (Å²) in [6.45, 7) is 14.8. The molecule has 0 saturated carbocycles. The Balaban J connectivity index is 1.82. The molecule has 1 aliphatic heterocycles. The highest BCUT2D eigenvalue weighted by Gasteiger charge is 2.39. The van der Waals surface area contributed by atoms with Crippen LogP contribution in [0.15, 0.2) is 53.3 Å². The quantitative estimate of drug-likeness (QED) is 0.415. The predicted octanol–water partition coefficient (Wildman–Crippen LogP) is 4.34. The van der Waals surface area contributed by atoms with E-state index in [2.05, 4.69) is 66.8 Å². The average Bonchev–Trinajstić information content (AvgIpc) is 3.12. The van der Waals surface area contributed by atoms with Crippen LogP contribution in [0, 0.1) is 0 Å². The zero-order chi connectivity index (χ0) is 23.7. The molecule has 0 spiro atoms. The molecular formula is C25H36N6O. The number of allylic oxidation sites excluding steroid dienone is 1. The molecule has 0 atom stereocenters. The maximum Gasteiger partial charge on any atom is 0.125 e. The fraction of sp³-hybridized carbons (Fsp3) is 0.480. The maximum atomic E-state index is 10.6. The number of nitrogens with one attached hydrogen (secondary N) is 1. The van der Waals surface area contributed by atoms with Crippen molar-refractivity contribution in [2.45, 2.75) is 64.6 Å². The molecule has 1 aliphatic rings.